The number of rotatable bonds is 2. The Morgan fingerprint density at radius 3 is 2.65 bits per heavy atom. The Kier molecular flexibility index (Phi) is 3.55. The Bertz CT molecular complexity index is 899. The minimum Gasteiger partial charge on any atom is -0.318 e. The molecule has 1 N–H and O–H groups in total. The molecule has 0 unspecified atom stereocenters. The molecule has 0 atom stereocenters. The Labute approximate surface area is 132 Å². The molecule has 6 nitrogen and oxygen atoms in total. The topological polar surface area (TPSA) is 72.2 Å². The highest BCUT2D eigenvalue weighted by Crippen LogP contribution is 2.30. The van der Waals surface area contributed by atoms with Crippen LogP contribution in [0.3, 0.4) is 0 Å². The Hall–Kier alpha value is -2.49. The summed E-state index contributed by atoms with van der Waals surface area (Å²) in [5, 5.41) is 14.6. The van der Waals surface area contributed by atoms with Crippen LogP contribution < -0.4 is 5.32 Å². The quantitative estimate of drug-likeness (QED) is 0.778. The highest BCUT2D eigenvalue weighted by molar-refractivity contribution is 7.19. The molecule has 0 saturated heterocycles. The lowest BCUT2D eigenvalue weighted by Gasteiger charge is -2.11. The van der Waals surface area contributed by atoms with Crippen molar-refractivity contribution in [2.75, 3.05) is 5.32 Å². The number of hydrogen-bond donors (Lipinski definition) is 1. The summed E-state index contributed by atoms with van der Waals surface area (Å²) in [5.74, 6) is -1.40. The molecule has 10 heteroatoms. The summed E-state index contributed by atoms with van der Waals surface area (Å²) in [6.07, 6.45) is -4.94. The van der Waals surface area contributed by atoms with Crippen molar-refractivity contribution in [1.29, 1.82) is 0 Å². The molecule has 0 bridgehead atoms. The van der Waals surface area contributed by atoms with Gasteiger partial charge in [0.05, 0.1) is 0 Å². The number of benzene rings is 1. The van der Waals surface area contributed by atoms with Gasteiger partial charge in [0.2, 0.25) is 4.96 Å². The second-order valence-electron chi connectivity index (χ2n) is 4.83. The molecular weight excluding hydrogens is 331 g/mol. The lowest BCUT2D eigenvalue weighted by atomic mass is 10.1. The van der Waals surface area contributed by atoms with E-state index in [1.807, 2.05) is 5.32 Å². The van der Waals surface area contributed by atoms with E-state index in [0.29, 0.717) is 26.9 Å². The number of aryl methyl sites for hydroxylation is 2. The molecule has 120 valence electrons. The van der Waals surface area contributed by atoms with Gasteiger partial charge in [0.1, 0.15) is 5.01 Å². The van der Waals surface area contributed by atoms with Gasteiger partial charge in [-0.05, 0) is 25.5 Å². The summed E-state index contributed by atoms with van der Waals surface area (Å²) in [7, 11) is 0. The molecule has 0 fully saturated rings. The van der Waals surface area contributed by atoms with E-state index in [2.05, 4.69) is 15.3 Å². The first-order chi connectivity index (χ1) is 10.8. The van der Waals surface area contributed by atoms with E-state index in [-0.39, 0.29) is 5.69 Å². The third-order valence-electron chi connectivity index (χ3n) is 3.14. The summed E-state index contributed by atoms with van der Waals surface area (Å²) >= 11 is 1.25. The lowest BCUT2D eigenvalue weighted by Crippen LogP contribution is -2.30. The number of nitrogens with one attached hydrogen (secondary N) is 1. The van der Waals surface area contributed by atoms with Gasteiger partial charge in [0.15, 0.2) is 5.82 Å². The normalized spacial score (nSPS) is 11.9. The van der Waals surface area contributed by atoms with Gasteiger partial charge >= 0.3 is 12.1 Å². The maximum Gasteiger partial charge on any atom is 0.471 e. The van der Waals surface area contributed by atoms with Crippen LogP contribution in [0.15, 0.2) is 18.2 Å². The zero-order valence-electron chi connectivity index (χ0n) is 12.0. The van der Waals surface area contributed by atoms with Crippen LogP contribution in [0, 0.1) is 13.8 Å². The molecule has 1 amide bonds. The molecule has 3 aromatic rings. The second kappa shape index (κ2) is 5.30. The molecule has 0 spiro atoms. The highest BCUT2D eigenvalue weighted by Gasteiger charge is 2.38. The van der Waals surface area contributed by atoms with Crippen LogP contribution in [0.25, 0.3) is 15.5 Å². The third kappa shape index (κ3) is 2.89. The van der Waals surface area contributed by atoms with Gasteiger partial charge in [-0.25, -0.2) is 0 Å². The number of aromatic nitrogens is 4. The number of hydrogen-bond acceptors (Lipinski definition) is 5. The Morgan fingerprint density at radius 1 is 1.26 bits per heavy atom. The van der Waals surface area contributed by atoms with Crippen molar-refractivity contribution in [3.63, 3.8) is 0 Å². The van der Waals surface area contributed by atoms with Gasteiger partial charge in [-0.2, -0.15) is 22.8 Å². The van der Waals surface area contributed by atoms with E-state index < -0.39 is 12.1 Å². The summed E-state index contributed by atoms with van der Waals surface area (Å²) in [4.78, 5) is 11.7. The van der Waals surface area contributed by atoms with Crippen molar-refractivity contribution in [1.82, 2.24) is 19.8 Å². The second-order valence-corrected chi connectivity index (χ2v) is 5.79. The number of halogens is 3. The van der Waals surface area contributed by atoms with Gasteiger partial charge in [0.25, 0.3) is 0 Å². The number of anilines is 1. The molecule has 0 radical (unpaired) electrons. The maximum absolute atomic E-state index is 12.4. The highest BCUT2D eigenvalue weighted by atomic mass is 32.1. The fraction of sp³-hybridized carbons (Fsp3) is 0.231. The van der Waals surface area contributed by atoms with Crippen LogP contribution in [0.2, 0.25) is 0 Å². The predicted molar refractivity (Wildman–Crippen MR) is 78.3 cm³/mol. The molecule has 0 saturated carbocycles. The van der Waals surface area contributed by atoms with Gasteiger partial charge < -0.3 is 5.32 Å². The number of amides is 1. The van der Waals surface area contributed by atoms with Crippen molar-refractivity contribution in [2.24, 2.45) is 0 Å². The minimum atomic E-state index is -4.94. The Morgan fingerprint density at radius 2 is 2.00 bits per heavy atom. The monoisotopic (exact) mass is 341 g/mol. The summed E-state index contributed by atoms with van der Waals surface area (Å²) < 4.78 is 38.7. The van der Waals surface area contributed by atoms with Gasteiger partial charge in [0, 0.05) is 11.3 Å². The molecule has 0 aliphatic carbocycles. The Balaban J connectivity index is 1.98. The van der Waals surface area contributed by atoms with Crippen molar-refractivity contribution in [3.8, 4) is 10.6 Å². The van der Waals surface area contributed by atoms with Gasteiger partial charge in [-0.15, -0.1) is 10.2 Å². The largest absolute Gasteiger partial charge is 0.471 e. The first kappa shape index (κ1) is 15.4. The molecule has 23 heavy (non-hydrogen) atoms. The molecule has 0 aliphatic heterocycles. The third-order valence-corrected chi connectivity index (χ3v) is 4.08. The summed E-state index contributed by atoms with van der Waals surface area (Å²) in [6.45, 7) is 3.35. The number of carbonyl (C=O) groups excluding carboxylic acids is 1. The van der Waals surface area contributed by atoms with Gasteiger partial charge in [-0.1, -0.05) is 23.5 Å². The summed E-state index contributed by atoms with van der Waals surface area (Å²) in [5.41, 5.74) is 1.20. The van der Waals surface area contributed by atoms with E-state index in [1.165, 1.54) is 17.4 Å². The summed E-state index contributed by atoms with van der Waals surface area (Å²) in [6, 6.07) is 4.80. The molecular formula is C13H10F3N5OS. The molecule has 2 aromatic heterocycles. The maximum atomic E-state index is 12.4. The number of nitrogens with zero attached hydrogens (tertiary/aromatic N) is 4. The van der Waals surface area contributed by atoms with Gasteiger partial charge in [-0.3, -0.25) is 4.79 Å². The van der Waals surface area contributed by atoms with E-state index in [9.17, 15) is 18.0 Å². The number of fused-ring (bicyclic) bond motifs is 1. The lowest BCUT2D eigenvalue weighted by molar-refractivity contribution is -0.167. The van der Waals surface area contributed by atoms with Crippen LogP contribution in [0.4, 0.5) is 18.9 Å². The molecule has 2 heterocycles. The first-order valence-electron chi connectivity index (χ1n) is 6.44. The fourth-order valence-electron chi connectivity index (χ4n) is 1.91. The van der Waals surface area contributed by atoms with E-state index in [0.717, 1.165) is 0 Å². The van der Waals surface area contributed by atoms with Crippen LogP contribution in [0.5, 0.6) is 0 Å². The smallest absolute Gasteiger partial charge is 0.318 e. The molecule has 0 aliphatic rings. The van der Waals surface area contributed by atoms with Crippen LogP contribution in [-0.4, -0.2) is 31.9 Å². The van der Waals surface area contributed by atoms with E-state index in [4.69, 9.17) is 0 Å². The fourth-order valence-corrected chi connectivity index (χ4v) is 2.80. The van der Waals surface area contributed by atoms with Crippen molar-refractivity contribution >= 4 is 27.9 Å². The predicted octanol–water partition coefficient (Wildman–Crippen LogP) is 2.97. The minimum absolute atomic E-state index is 0.0903. The zero-order valence-corrected chi connectivity index (χ0v) is 12.8. The average Bonchev–Trinajstić information content (AvgIpc) is 3.03. The van der Waals surface area contributed by atoms with E-state index in [1.54, 1.807) is 30.5 Å². The van der Waals surface area contributed by atoms with Crippen molar-refractivity contribution in [3.05, 3.63) is 29.6 Å². The number of alkyl halides is 3. The zero-order chi connectivity index (χ0) is 16.8. The van der Waals surface area contributed by atoms with Crippen LogP contribution in [-0.2, 0) is 4.79 Å². The molecule has 1 aromatic carbocycles. The average molecular weight is 341 g/mol. The number of carbonyl (C=O) groups is 1. The van der Waals surface area contributed by atoms with E-state index >= 15 is 0 Å². The van der Waals surface area contributed by atoms with Crippen molar-refractivity contribution < 1.29 is 18.0 Å². The van der Waals surface area contributed by atoms with Crippen LogP contribution >= 0.6 is 11.3 Å². The SMILES string of the molecule is Cc1ccc(-c2nn3c(C)nnc3s2)cc1NC(=O)C(F)(F)F. The standard InChI is InChI=1S/C13H10F3N5OS/c1-6-3-4-8(5-9(6)17-11(22)13(14,15)16)10-20-21-7(2)18-19-12(21)23-10/h3-5H,1-2H3,(H,17,22). The van der Waals surface area contributed by atoms with Crippen molar-refractivity contribution in [2.45, 2.75) is 20.0 Å². The molecule has 3 rings (SSSR count). The first-order valence-corrected chi connectivity index (χ1v) is 7.25. The van der Waals surface area contributed by atoms with Crippen LogP contribution in [0.1, 0.15) is 11.4 Å².